The molecule has 5 rings (SSSR count). The van der Waals surface area contributed by atoms with E-state index >= 15 is 0 Å². The highest BCUT2D eigenvalue weighted by molar-refractivity contribution is 7.85. The normalized spacial score (nSPS) is 15.6. The van der Waals surface area contributed by atoms with Crippen LogP contribution >= 0.6 is 0 Å². The van der Waals surface area contributed by atoms with Crippen molar-refractivity contribution >= 4 is 44.3 Å². The van der Waals surface area contributed by atoms with Gasteiger partial charge in [0, 0.05) is 37.3 Å². The molecule has 0 spiro atoms. The van der Waals surface area contributed by atoms with E-state index in [0.29, 0.717) is 31.2 Å². The molecule has 34 heavy (non-hydrogen) atoms. The van der Waals surface area contributed by atoms with Crippen LogP contribution < -0.4 is 4.90 Å². The van der Waals surface area contributed by atoms with Crippen molar-refractivity contribution in [3.8, 4) is 0 Å². The lowest BCUT2D eigenvalue weighted by atomic mass is 10.1. The fourth-order valence-electron chi connectivity index (χ4n) is 4.25. The van der Waals surface area contributed by atoms with E-state index in [4.69, 9.17) is 4.74 Å². The van der Waals surface area contributed by atoms with Gasteiger partial charge in [0.15, 0.2) is 0 Å². The van der Waals surface area contributed by atoms with Gasteiger partial charge in [-0.25, -0.2) is 9.00 Å². The van der Waals surface area contributed by atoms with E-state index < -0.39 is 16.4 Å². The van der Waals surface area contributed by atoms with Crippen molar-refractivity contribution in [1.82, 2.24) is 15.1 Å². The van der Waals surface area contributed by atoms with Gasteiger partial charge in [0.1, 0.15) is 21.4 Å². The monoisotopic (exact) mass is 476 g/mol. The van der Waals surface area contributed by atoms with Crippen molar-refractivity contribution in [3.63, 3.8) is 0 Å². The summed E-state index contributed by atoms with van der Waals surface area (Å²) < 4.78 is 19.1. The molecule has 4 aromatic rings. The highest BCUT2D eigenvalue weighted by Crippen LogP contribution is 2.31. The van der Waals surface area contributed by atoms with Crippen LogP contribution in [0.5, 0.6) is 0 Å². The molecule has 0 saturated carbocycles. The summed E-state index contributed by atoms with van der Waals surface area (Å²) in [5, 5.41) is 10.9. The number of rotatable bonds is 3. The van der Waals surface area contributed by atoms with Crippen LogP contribution in [-0.2, 0) is 15.5 Å². The number of benzene rings is 3. The van der Waals surface area contributed by atoms with E-state index in [0.717, 1.165) is 32.3 Å². The summed E-state index contributed by atoms with van der Waals surface area (Å²) in [6.45, 7) is 8.21. The number of fused-ring (bicyclic) bond motifs is 2. The number of hydrogen-bond acceptors (Lipinski definition) is 5. The number of aromatic nitrogens is 2. The van der Waals surface area contributed by atoms with Crippen LogP contribution in [0.3, 0.4) is 0 Å². The minimum Gasteiger partial charge on any atom is -0.444 e. The van der Waals surface area contributed by atoms with E-state index in [1.54, 1.807) is 4.90 Å². The predicted molar refractivity (Wildman–Crippen MR) is 135 cm³/mol. The highest BCUT2D eigenvalue weighted by atomic mass is 32.2. The molecule has 1 fully saturated rings. The molecule has 1 unspecified atom stereocenters. The Labute approximate surface area is 201 Å². The van der Waals surface area contributed by atoms with Gasteiger partial charge in [0.05, 0.1) is 10.4 Å². The molecule has 1 aliphatic heterocycles. The van der Waals surface area contributed by atoms with E-state index in [9.17, 15) is 9.00 Å². The number of hydrogen-bond donors (Lipinski definition) is 1. The number of anilines is 1. The summed E-state index contributed by atoms with van der Waals surface area (Å²) >= 11 is 0. The molecule has 3 aromatic carbocycles. The number of piperazine rings is 1. The van der Waals surface area contributed by atoms with Gasteiger partial charge in [-0.1, -0.05) is 36.4 Å². The Bertz CT molecular complexity index is 1380. The molecule has 1 N–H and O–H groups in total. The average molecular weight is 477 g/mol. The molecular formula is C26H28N4O3S. The third-order valence-corrected chi connectivity index (χ3v) is 7.37. The largest absolute Gasteiger partial charge is 0.444 e. The number of nitrogens with one attached hydrogen (secondary N) is 1. The first kappa shape index (κ1) is 22.4. The van der Waals surface area contributed by atoms with Crippen molar-refractivity contribution in [2.75, 3.05) is 31.1 Å². The van der Waals surface area contributed by atoms with Gasteiger partial charge in [0.25, 0.3) is 0 Å². The fraction of sp³-hybridized carbons (Fsp3) is 0.308. The molecule has 1 saturated heterocycles. The zero-order valence-electron chi connectivity index (χ0n) is 19.6. The Morgan fingerprint density at radius 1 is 0.971 bits per heavy atom. The summed E-state index contributed by atoms with van der Waals surface area (Å²) in [6.07, 6.45) is -0.273. The van der Waals surface area contributed by atoms with Crippen LogP contribution in [0, 0.1) is 0 Å². The van der Waals surface area contributed by atoms with E-state index in [-0.39, 0.29) is 6.09 Å². The molecule has 2 heterocycles. The number of amides is 1. The van der Waals surface area contributed by atoms with E-state index in [1.165, 1.54) is 0 Å². The molecule has 1 aliphatic rings. The molecule has 176 valence electrons. The number of carbonyl (C=O) groups excluding carboxylic acids is 1. The lowest BCUT2D eigenvalue weighted by Crippen LogP contribution is -2.50. The number of ether oxygens (including phenoxy) is 1. The fourth-order valence-corrected chi connectivity index (χ4v) is 5.55. The van der Waals surface area contributed by atoms with Crippen molar-refractivity contribution < 1.29 is 13.7 Å². The zero-order chi connectivity index (χ0) is 23.9. The lowest BCUT2D eigenvalue weighted by molar-refractivity contribution is 0.0240. The van der Waals surface area contributed by atoms with Gasteiger partial charge >= 0.3 is 6.09 Å². The highest BCUT2D eigenvalue weighted by Gasteiger charge is 2.26. The molecule has 0 aliphatic carbocycles. The Balaban J connectivity index is 1.39. The molecule has 1 amide bonds. The third-order valence-electron chi connectivity index (χ3n) is 5.93. The maximum Gasteiger partial charge on any atom is 0.410 e. The molecule has 1 atom stereocenters. The SMILES string of the molecule is CC(C)(C)OC(=O)N1CCN(c2ccc3n[nH]c(S(=O)c4cccc5ccccc45)c3c2)CC1. The Morgan fingerprint density at radius 2 is 1.71 bits per heavy atom. The molecule has 7 nitrogen and oxygen atoms in total. The topological polar surface area (TPSA) is 78.5 Å². The Hall–Kier alpha value is -3.39. The van der Waals surface area contributed by atoms with E-state index in [2.05, 4.69) is 15.1 Å². The standard InChI is InChI=1S/C26H28N4O3S/c1-26(2,3)33-25(31)30-15-13-29(14-16-30)19-11-12-22-21(17-19)24(28-27-22)34(32)23-10-6-8-18-7-4-5-9-20(18)23/h4-12,17H,13-16H2,1-3H3,(H,27,28). The second-order valence-electron chi connectivity index (χ2n) is 9.45. The maximum absolute atomic E-state index is 13.6. The van der Waals surface area contributed by atoms with E-state index in [1.807, 2.05) is 81.4 Å². The minimum absolute atomic E-state index is 0.273. The Morgan fingerprint density at radius 3 is 2.47 bits per heavy atom. The summed E-state index contributed by atoms with van der Waals surface area (Å²) in [4.78, 5) is 17.1. The van der Waals surface area contributed by atoms with Gasteiger partial charge in [-0.2, -0.15) is 5.10 Å². The number of nitrogens with zero attached hydrogens (tertiary/aromatic N) is 3. The van der Waals surface area contributed by atoms with Crippen molar-refractivity contribution in [2.24, 2.45) is 0 Å². The summed E-state index contributed by atoms with van der Waals surface area (Å²) in [6, 6.07) is 19.8. The first-order valence-corrected chi connectivity index (χ1v) is 12.6. The van der Waals surface area contributed by atoms with Crippen LogP contribution in [0.2, 0.25) is 0 Å². The summed E-state index contributed by atoms with van der Waals surface area (Å²) in [7, 11) is -1.41. The summed E-state index contributed by atoms with van der Waals surface area (Å²) in [5.74, 6) is 0. The van der Waals surface area contributed by atoms with Crippen LogP contribution in [0.25, 0.3) is 21.7 Å². The van der Waals surface area contributed by atoms with Crippen molar-refractivity contribution in [2.45, 2.75) is 36.3 Å². The van der Waals surface area contributed by atoms with Gasteiger partial charge in [-0.15, -0.1) is 0 Å². The quantitative estimate of drug-likeness (QED) is 0.453. The van der Waals surface area contributed by atoms with Crippen LogP contribution in [0.4, 0.5) is 10.5 Å². The first-order valence-electron chi connectivity index (χ1n) is 11.4. The Kier molecular flexibility index (Phi) is 5.77. The maximum atomic E-state index is 13.6. The van der Waals surface area contributed by atoms with Crippen molar-refractivity contribution in [3.05, 3.63) is 60.7 Å². The smallest absolute Gasteiger partial charge is 0.410 e. The molecule has 8 heteroatoms. The number of aromatic amines is 1. The van der Waals surface area contributed by atoms with Crippen molar-refractivity contribution in [1.29, 1.82) is 0 Å². The lowest BCUT2D eigenvalue weighted by Gasteiger charge is -2.36. The van der Waals surface area contributed by atoms with Crippen LogP contribution in [-0.4, -0.2) is 57.2 Å². The minimum atomic E-state index is -1.41. The zero-order valence-corrected chi connectivity index (χ0v) is 20.4. The van der Waals surface area contributed by atoms with Gasteiger partial charge in [-0.3, -0.25) is 5.10 Å². The summed E-state index contributed by atoms with van der Waals surface area (Å²) in [5.41, 5.74) is 1.30. The van der Waals surface area contributed by atoms with Gasteiger partial charge < -0.3 is 14.5 Å². The van der Waals surface area contributed by atoms with Gasteiger partial charge in [0.2, 0.25) is 0 Å². The first-order chi connectivity index (χ1) is 16.3. The molecule has 1 aromatic heterocycles. The van der Waals surface area contributed by atoms with Gasteiger partial charge in [-0.05, 0) is 55.8 Å². The molecule has 0 bridgehead atoms. The molecular weight excluding hydrogens is 448 g/mol. The average Bonchev–Trinajstić information content (AvgIpc) is 3.25. The third kappa shape index (κ3) is 4.37. The predicted octanol–water partition coefficient (Wildman–Crippen LogP) is 4.94. The second-order valence-corrected chi connectivity index (χ2v) is 10.8. The molecule has 0 radical (unpaired) electrons. The number of H-pyrrole nitrogens is 1. The van der Waals surface area contributed by atoms with Crippen LogP contribution in [0.1, 0.15) is 20.8 Å². The van der Waals surface area contributed by atoms with Crippen LogP contribution in [0.15, 0.2) is 70.6 Å². The second kappa shape index (κ2) is 8.76. The number of carbonyl (C=O) groups is 1.